The van der Waals surface area contributed by atoms with Crippen LogP contribution in [0.4, 0.5) is 0 Å². The third kappa shape index (κ3) is 2.44. The molecule has 0 aliphatic carbocycles. The molecule has 1 heterocycles. The van der Waals surface area contributed by atoms with Crippen LogP contribution in [0.5, 0.6) is 5.06 Å². The van der Waals surface area contributed by atoms with Gasteiger partial charge in [-0.05, 0) is 17.5 Å². The fraction of sp³-hybridized carbons (Fsp3) is 0.200. The molecule has 0 bridgehead atoms. The molecule has 0 saturated heterocycles. The minimum atomic E-state index is 0.822. The van der Waals surface area contributed by atoms with Gasteiger partial charge >= 0.3 is 0 Å². The van der Waals surface area contributed by atoms with Crippen LogP contribution < -0.4 is 4.74 Å². The van der Waals surface area contributed by atoms with E-state index in [1.165, 1.54) is 0 Å². The summed E-state index contributed by atoms with van der Waals surface area (Å²) in [5.41, 5.74) is 0. The van der Waals surface area contributed by atoms with Crippen molar-refractivity contribution in [3.8, 4) is 17.4 Å². The molecule has 0 fully saturated rings. The van der Waals surface area contributed by atoms with Crippen molar-refractivity contribution in [2.45, 2.75) is 13.3 Å². The number of hydrogen-bond donors (Lipinski definition) is 0. The van der Waals surface area contributed by atoms with E-state index in [0.29, 0.717) is 0 Å². The van der Waals surface area contributed by atoms with Crippen molar-refractivity contribution in [1.29, 1.82) is 0 Å². The van der Waals surface area contributed by atoms with Gasteiger partial charge in [0.1, 0.15) is 5.76 Å². The van der Waals surface area contributed by atoms with Gasteiger partial charge in [-0.15, -0.1) is 17.8 Å². The van der Waals surface area contributed by atoms with Crippen LogP contribution in [0.2, 0.25) is 0 Å². The Morgan fingerprint density at radius 1 is 1.83 bits per heavy atom. The molecule has 1 aromatic heterocycles. The minimum Gasteiger partial charge on any atom is -0.450 e. The SMILES string of the molecule is C#C/C=C(/CC)Oc1cccs1. The van der Waals surface area contributed by atoms with E-state index in [9.17, 15) is 0 Å². The smallest absolute Gasteiger partial charge is 0.180 e. The summed E-state index contributed by atoms with van der Waals surface area (Å²) in [5, 5.41) is 2.86. The fourth-order valence-electron chi connectivity index (χ4n) is 0.747. The van der Waals surface area contributed by atoms with Gasteiger partial charge in [-0.25, -0.2) is 0 Å². The average molecular weight is 178 g/mol. The Kier molecular flexibility index (Phi) is 3.43. The molecule has 1 nitrogen and oxygen atoms in total. The molecule has 62 valence electrons. The van der Waals surface area contributed by atoms with Crippen LogP contribution in [0, 0.1) is 12.3 Å². The maximum atomic E-state index is 5.48. The molecule has 0 spiro atoms. The zero-order chi connectivity index (χ0) is 8.81. The summed E-state index contributed by atoms with van der Waals surface area (Å²) in [4.78, 5) is 0. The van der Waals surface area contributed by atoms with Gasteiger partial charge in [0.05, 0.1) is 0 Å². The van der Waals surface area contributed by atoms with E-state index in [4.69, 9.17) is 11.2 Å². The highest BCUT2D eigenvalue weighted by molar-refractivity contribution is 7.11. The lowest BCUT2D eigenvalue weighted by Gasteiger charge is -2.02. The zero-order valence-corrected chi connectivity index (χ0v) is 7.73. The number of thiophene rings is 1. The standard InChI is InChI=1S/C10H10OS/c1-3-6-9(4-2)11-10-7-5-8-12-10/h1,5-8H,4H2,2H3/b9-6-. The van der Waals surface area contributed by atoms with Crippen LogP contribution >= 0.6 is 11.3 Å². The lowest BCUT2D eigenvalue weighted by atomic mass is 10.3. The van der Waals surface area contributed by atoms with Crippen LogP contribution in [-0.4, -0.2) is 0 Å². The molecule has 1 aromatic rings. The molecule has 0 amide bonds. The molecular weight excluding hydrogens is 168 g/mol. The number of allylic oxidation sites excluding steroid dienone is 2. The molecule has 0 saturated carbocycles. The first kappa shape index (κ1) is 8.89. The monoisotopic (exact) mass is 178 g/mol. The summed E-state index contributed by atoms with van der Waals surface area (Å²) in [7, 11) is 0. The van der Waals surface area contributed by atoms with E-state index in [0.717, 1.165) is 17.2 Å². The summed E-state index contributed by atoms with van der Waals surface area (Å²) in [6.45, 7) is 2.01. The maximum Gasteiger partial charge on any atom is 0.180 e. The Hall–Kier alpha value is -1.20. The molecular formula is C10H10OS. The summed E-state index contributed by atoms with van der Waals surface area (Å²) < 4.78 is 5.48. The predicted octanol–water partition coefficient (Wildman–Crippen LogP) is 3.05. The van der Waals surface area contributed by atoms with Crippen molar-refractivity contribution >= 4 is 11.3 Å². The Bertz CT molecular complexity index is 290. The van der Waals surface area contributed by atoms with Crippen molar-refractivity contribution in [1.82, 2.24) is 0 Å². The fourth-order valence-corrected chi connectivity index (χ4v) is 1.35. The second kappa shape index (κ2) is 4.63. The highest BCUT2D eigenvalue weighted by atomic mass is 32.1. The highest BCUT2D eigenvalue weighted by Gasteiger charge is 1.97. The number of rotatable bonds is 3. The quantitative estimate of drug-likeness (QED) is 0.510. The molecule has 1 rings (SSSR count). The Morgan fingerprint density at radius 3 is 3.17 bits per heavy atom. The highest BCUT2D eigenvalue weighted by Crippen LogP contribution is 2.21. The second-order valence-corrected chi connectivity index (χ2v) is 3.08. The summed E-state index contributed by atoms with van der Waals surface area (Å²) >= 11 is 1.56. The van der Waals surface area contributed by atoms with Gasteiger partial charge < -0.3 is 4.74 Å². The summed E-state index contributed by atoms with van der Waals surface area (Å²) in [6.07, 6.45) is 7.60. The van der Waals surface area contributed by atoms with Crippen LogP contribution in [0.3, 0.4) is 0 Å². The molecule has 0 atom stereocenters. The molecule has 0 unspecified atom stereocenters. The minimum absolute atomic E-state index is 0.822. The van der Waals surface area contributed by atoms with Gasteiger partial charge in [-0.3, -0.25) is 0 Å². The predicted molar refractivity (Wildman–Crippen MR) is 52.2 cm³/mol. The van der Waals surface area contributed by atoms with E-state index in [1.54, 1.807) is 17.4 Å². The summed E-state index contributed by atoms with van der Waals surface area (Å²) in [6, 6.07) is 3.87. The van der Waals surface area contributed by atoms with Crippen molar-refractivity contribution in [3.05, 3.63) is 29.3 Å². The van der Waals surface area contributed by atoms with Gasteiger partial charge in [-0.2, -0.15) is 0 Å². The van der Waals surface area contributed by atoms with Crippen molar-refractivity contribution in [3.63, 3.8) is 0 Å². The maximum absolute atomic E-state index is 5.48. The summed E-state index contributed by atoms with van der Waals surface area (Å²) in [5.74, 6) is 3.28. The Balaban J connectivity index is 2.62. The van der Waals surface area contributed by atoms with Crippen LogP contribution in [0.15, 0.2) is 29.3 Å². The molecule has 12 heavy (non-hydrogen) atoms. The molecule has 0 aliphatic rings. The first-order valence-electron chi connectivity index (χ1n) is 3.73. The number of ether oxygens (including phenoxy) is 1. The van der Waals surface area contributed by atoms with Crippen molar-refractivity contribution in [2.75, 3.05) is 0 Å². The molecule has 2 heteroatoms. The molecule has 0 aliphatic heterocycles. The average Bonchev–Trinajstić information content (AvgIpc) is 2.56. The number of hydrogen-bond acceptors (Lipinski definition) is 2. The first-order chi connectivity index (χ1) is 5.86. The van der Waals surface area contributed by atoms with E-state index in [2.05, 4.69) is 5.92 Å². The van der Waals surface area contributed by atoms with Gasteiger partial charge in [0.2, 0.25) is 0 Å². The first-order valence-corrected chi connectivity index (χ1v) is 4.61. The second-order valence-electron chi connectivity index (χ2n) is 2.17. The molecule has 0 aromatic carbocycles. The van der Waals surface area contributed by atoms with Gasteiger partial charge in [0.25, 0.3) is 0 Å². The number of terminal acetylenes is 1. The van der Waals surface area contributed by atoms with Crippen LogP contribution in [0.1, 0.15) is 13.3 Å². The van der Waals surface area contributed by atoms with E-state index >= 15 is 0 Å². The topological polar surface area (TPSA) is 9.23 Å². The molecule has 0 radical (unpaired) electrons. The Labute approximate surface area is 76.7 Å². The largest absolute Gasteiger partial charge is 0.450 e. The van der Waals surface area contributed by atoms with Gasteiger partial charge in [-0.1, -0.05) is 12.8 Å². The van der Waals surface area contributed by atoms with Gasteiger partial charge in [0.15, 0.2) is 5.06 Å². The molecule has 0 N–H and O–H groups in total. The van der Waals surface area contributed by atoms with E-state index < -0.39 is 0 Å². The third-order valence-electron chi connectivity index (χ3n) is 1.32. The van der Waals surface area contributed by atoms with Crippen LogP contribution in [-0.2, 0) is 0 Å². The Morgan fingerprint density at radius 2 is 2.67 bits per heavy atom. The van der Waals surface area contributed by atoms with Crippen LogP contribution in [0.25, 0.3) is 0 Å². The third-order valence-corrected chi connectivity index (χ3v) is 2.06. The lowest BCUT2D eigenvalue weighted by molar-refractivity contribution is 0.421. The van der Waals surface area contributed by atoms with E-state index in [1.807, 2.05) is 24.4 Å². The normalized spacial score (nSPS) is 10.8. The van der Waals surface area contributed by atoms with Crippen molar-refractivity contribution in [2.24, 2.45) is 0 Å². The van der Waals surface area contributed by atoms with Gasteiger partial charge in [0, 0.05) is 12.5 Å². The lowest BCUT2D eigenvalue weighted by Crippen LogP contribution is -1.90. The van der Waals surface area contributed by atoms with E-state index in [-0.39, 0.29) is 0 Å². The zero-order valence-electron chi connectivity index (χ0n) is 6.91. The van der Waals surface area contributed by atoms with Crippen molar-refractivity contribution < 1.29 is 4.74 Å².